The fourth-order valence-electron chi connectivity index (χ4n) is 4.36. The lowest BCUT2D eigenvalue weighted by Gasteiger charge is -2.32. The number of nitrogens with one attached hydrogen (secondary N) is 2. The highest BCUT2D eigenvalue weighted by Gasteiger charge is 2.24. The van der Waals surface area contributed by atoms with Crippen molar-refractivity contribution in [3.8, 4) is 0 Å². The van der Waals surface area contributed by atoms with Crippen molar-refractivity contribution in [2.45, 2.75) is 51.5 Å². The Hall–Kier alpha value is -1.53. The minimum atomic E-state index is 0.236. The Bertz CT molecular complexity index is 559. The van der Waals surface area contributed by atoms with Crippen molar-refractivity contribution in [3.63, 3.8) is 0 Å². The van der Waals surface area contributed by atoms with Crippen molar-refractivity contribution in [1.29, 1.82) is 0 Å². The van der Waals surface area contributed by atoms with Gasteiger partial charge in [0.1, 0.15) is 5.76 Å². The molecule has 2 aliphatic rings. The molecule has 2 fully saturated rings. The maximum absolute atomic E-state index is 5.75. The molecular formula is C22H39N5O. The van der Waals surface area contributed by atoms with Gasteiger partial charge in [0.25, 0.3) is 0 Å². The summed E-state index contributed by atoms with van der Waals surface area (Å²) in [6.07, 6.45) is 9.53. The second-order valence-corrected chi connectivity index (χ2v) is 8.31. The number of piperidine rings is 2. The smallest absolute Gasteiger partial charge is 0.191 e. The first kappa shape index (κ1) is 21.2. The van der Waals surface area contributed by atoms with E-state index in [0.717, 1.165) is 50.4 Å². The van der Waals surface area contributed by atoms with Gasteiger partial charge < -0.3 is 20.0 Å². The van der Waals surface area contributed by atoms with Crippen LogP contribution in [0.2, 0.25) is 0 Å². The second kappa shape index (κ2) is 11.5. The number of guanidine groups is 1. The van der Waals surface area contributed by atoms with Crippen LogP contribution >= 0.6 is 0 Å². The first-order valence-corrected chi connectivity index (χ1v) is 11.2. The highest BCUT2D eigenvalue weighted by molar-refractivity contribution is 5.79. The molecule has 6 nitrogen and oxygen atoms in total. The standard InChI is InChI=1S/C22H39N5O/c1-3-23-22(24-12-9-19-10-15-26(2)16-11-19)25-18-20(21-8-7-17-28-21)27-13-5-4-6-14-27/h7-8,17,19-20H,3-6,9-16,18H2,1-2H3,(H2,23,24,25). The molecule has 1 aromatic heterocycles. The van der Waals surface area contributed by atoms with Gasteiger partial charge in [0, 0.05) is 13.1 Å². The summed E-state index contributed by atoms with van der Waals surface area (Å²) in [6.45, 7) is 9.49. The maximum Gasteiger partial charge on any atom is 0.191 e. The number of nitrogens with zero attached hydrogens (tertiary/aromatic N) is 3. The molecule has 0 bridgehead atoms. The molecule has 2 aliphatic heterocycles. The van der Waals surface area contributed by atoms with Gasteiger partial charge in [-0.2, -0.15) is 0 Å². The molecular weight excluding hydrogens is 350 g/mol. The molecule has 0 aliphatic carbocycles. The van der Waals surface area contributed by atoms with Crippen LogP contribution in [-0.2, 0) is 0 Å². The van der Waals surface area contributed by atoms with Crippen molar-refractivity contribution in [3.05, 3.63) is 24.2 Å². The monoisotopic (exact) mass is 389 g/mol. The summed E-state index contributed by atoms with van der Waals surface area (Å²) >= 11 is 0. The fourth-order valence-corrected chi connectivity index (χ4v) is 4.36. The Balaban J connectivity index is 1.53. The van der Waals surface area contributed by atoms with Crippen LogP contribution in [0.1, 0.15) is 57.3 Å². The van der Waals surface area contributed by atoms with Gasteiger partial charge >= 0.3 is 0 Å². The van der Waals surface area contributed by atoms with Gasteiger partial charge in [0.05, 0.1) is 18.8 Å². The molecule has 0 aromatic carbocycles. The first-order valence-electron chi connectivity index (χ1n) is 11.2. The Labute approximate surface area is 170 Å². The van der Waals surface area contributed by atoms with Crippen molar-refractivity contribution >= 4 is 5.96 Å². The van der Waals surface area contributed by atoms with Gasteiger partial charge in [-0.1, -0.05) is 6.42 Å². The molecule has 28 heavy (non-hydrogen) atoms. The van der Waals surface area contributed by atoms with E-state index in [4.69, 9.17) is 9.41 Å². The van der Waals surface area contributed by atoms with E-state index in [-0.39, 0.29) is 6.04 Å². The quantitative estimate of drug-likeness (QED) is 0.529. The predicted molar refractivity (Wildman–Crippen MR) is 116 cm³/mol. The molecule has 0 spiro atoms. The Morgan fingerprint density at radius 3 is 2.64 bits per heavy atom. The van der Waals surface area contributed by atoms with Gasteiger partial charge in [0.2, 0.25) is 0 Å². The zero-order valence-electron chi connectivity index (χ0n) is 17.8. The van der Waals surface area contributed by atoms with Gasteiger partial charge in [-0.3, -0.25) is 9.89 Å². The molecule has 158 valence electrons. The number of hydrogen-bond donors (Lipinski definition) is 2. The Kier molecular flexibility index (Phi) is 8.68. The predicted octanol–water partition coefficient (Wildman–Crippen LogP) is 3.09. The summed E-state index contributed by atoms with van der Waals surface area (Å²) in [5.41, 5.74) is 0. The summed E-state index contributed by atoms with van der Waals surface area (Å²) in [6, 6.07) is 4.32. The molecule has 6 heteroatoms. The zero-order valence-corrected chi connectivity index (χ0v) is 17.8. The highest BCUT2D eigenvalue weighted by Crippen LogP contribution is 2.25. The van der Waals surface area contributed by atoms with Crippen LogP contribution in [0.15, 0.2) is 27.8 Å². The lowest BCUT2D eigenvalue weighted by atomic mass is 9.94. The molecule has 0 amide bonds. The average Bonchev–Trinajstić information content (AvgIpc) is 3.25. The van der Waals surface area contributed by atoms with Crippen LogP contribution in [0.4, 0.5) is 0 Å². The van der Waals surface area contributed by atoms with Crippen LogP contribution in [-0.4, -0.2) is 68.6 Å². The van der Waals surface area contributed by atoms with E-state index in [2.05, 4.69) is 40.5 Å². The van der Waals surface area contributed by atoms with Crippen LogP contribution in [0.25, 0.3) is 0 Å². The Morgan fingerprint density at radius 2 is 1.96 bits per heavy atom. The highest BCUT2D eigenvalue weighted by atomic mass is 16.3. The number of likely N-dealkylation sites (tertiary alicyclic amines) is 2. The van der Waals surface area contributed by atoms with Crippen LogP contribution in [0, 0.1) is 5.92 Å². The summed E-state index contributed by atoms with van der Waals surface area (Å²) in [4.78, 5) is 9.90. The van der Waals surface area contributed by atoms with E-state index >= 15 is 0 Å². The van der Waals surface area contributed by atoms with E-state index in [0.29, 0.717) is 0 Å². The average molecular weight is 390 g/mol. The molecule has 2 saturated heterocycles. The third kappa shape index (κ3) is 6.52. The molecule has 3 rings (SSSR count). The minimum Gasteiger partial charge on any atom is -0.468 e. The lowest BCUT2D eigenvalue weighted by Crippen LogP contribution is -2.40. The van der Waals surface area contributed by atoms with E-state index in [1.165, 1.54) is 51.6 Å². The summed E-state index contributed by atoms with van der Waals surface area (Å²) in [7, 11) is 2.22. The van der Waals surface area contributed by atoms with Gasteiger partial charge in [-0.25, -0.2) is 0 Å². The molecule has 0 radical (unpaired) electrons. The molecule has 1 atom stereocenters. The first-order chi connectivity index (χ1) is 13.8. The lowest BCUT2D eigenvalue weighted by molar-refractivity contribution is 0.150. The third-order valence-electron chi connectivity index (χ3n) is 6.15. The SMILES string of the molecule is CCNC(=NCC(c1ccco1)N1CCCCC1)NCCC1CCN(C)CC1. The van der Waals surface area contributed by atoms with Gasteiger partial charge in [-0.05, 0) is 90.3 Å². The second-order valence-electron chi connectivity index (χ2n) is 8.31. The maximum atomic E-state index is 5.75. The van der Waals surface area contributed by atoms with Gasteiger partial charge in [0.15, 0.2) is 5.96 Å². The molecule has 3 heterocycles. The van der Waals surface area contributed by atoms with Crippen LogP contribution in [0.5, 0.6) is 0 Å². The zero-order chi connectivity index (χ0) is 19.6. The van der Waals surface area contributed by atoms with E-state index in [9.17, 15) is 0 Å². The van der Waals surface area contributed by atoms with Gasteiger partial charge in [-0.15, -0.1) is 0 Å². The number of rotatable bonds is 8. The van der Waals surface area contributed by atoms with Crippen molar-refractivity contribution < 1.29 is 4.42 Å². The van der Waals surface area contributed by atoms with Crippen molar-refractivity contribution in [2.24, 2.45) is 10.9 Å². The van der Waals surface area contributed by atoms with E-state index in [1.807, 2.05) is 6.07 Å². The third-order valence-corrected chi connectivity index (χ3v) is 6.15. The topological polar surface area (TPSA) is 56.0 Å². The number of furan rings is 1. The van der Waals surface area contributed by atoms with E-state index in [1.54, 1.807) is 6.26 Å². The van der Waals surface area contributed by atoms with Crippen molar-refractivity contribution in [1.82, 2.24) is 20.4 Å². The van der Waals surface area contributed by atoms with Crippen LogP contribution < -0.4 is 10.6 Å². The molecule has 0 saturated carbocycles. The summed E-state index contributed by atoms with van der Waals surface area (Å²) in [5, 5.41) is 6.97. The van der Waals surface area contributed by atoms with Crippen molar-refractivity contribution in [2.75, 3.05) is 52.9 Å². The fraction of sp³-hybridized carbons (Fsp3) is 0.773. The largest absolute Gasteiger partial charge is 0.468 e. The summed E-state index contributed by atoms with van der Waals surface area (Å²) < 4.78 is 5.75. The van der Waals surface area contributed by atoms with Crippen LogP contribution in [0.3, 0.4) is 0 Å². The molecule has 1 unspecified atom stereocenters. The number of hydrogen-bond acceptors (Lipinski definition) is 4. The molecule has 1 aromatic rings. The van der Waals surface area contributed by atoms with E-state index < -0.39 is 0 Å². The normalized spacial score (nSPS) is 21.6. The minimum absolute atomic E-state index is 0.236. The molecule has 2 N–H and O–H groups in total. The summed E-state index contributed by atoms with van der Waals surface area (Å²) in [5.74, 6) is 2.81. The Morgan fingerprint density at radius 1 is 1.18 bits per heavy atom. The number of aliphatic imine (C=N–C) groups is 1.